The maximum absolute atomic E-state index is 12.9. The van der Waals surface area contributed by atoms with Gasteiger partial charge >= 0.3 is 0 Å². The molecule has 2 aromatic rings. The number of carbonyl (C=O) groups excluding carboxylic acids is 2. The highest BCUT2D eigenvalue weighted by Crippen LogP contribution is 2.10. The Morgan fingerprint density at radius 1 is 1.36 bits per heavy atom. The van der Waals surface area contributed by atoms with Gasteiger partial charge in [0.25, 0.3) is 5.91 Å². The summed E-state index contributed by atoms with van der Waals surface area (Å²) in [4.78, 5) is 23.3. The fourth-order valence-electron chi connectivity index (χ4n) is 1.95. The van der Waals surface area contributed by atoms with Gasteiger partial charge in [0.15, 0.2) is 0 Å². The number of nitrogens with one attached hydrogen (secondary N) is 1. The van der Waals surface area contributed by atoms with E-state index in [1.807, 2.05) is 0 Å². The lowest BCUT2D eigenvalue weighted by Crippen LogP contribution is -2.37. The molecule has 2 amide bonds. The number of nitrogens with two attached hydrogens (primary N) is 1. The molecule has 0 aliphatic heterocycles. The molecule has 0 saturated heterocycles. The van der Waals surface area contributed by atoms with Gasteiger partial charge in [0.1, 0.15) is 5.82 Å². The molecule has 0 spiro atoms. The zero-order valence-electron chi connectivity index (χ0n) is 12.0. The van der Waals surface area contributed by atoms with E-state index in [1.165, 1.54) is 18.2 Å². The van der Waals surface area contributed by atoms with Gasteiger partial charge in [-0.3, -0.25) is 9.59 Å². The second-order valence-corrected chi connectivity index (χ2v) is 4.97. The van der Waals surface area contributed by atoms with Gasteiger partial charge in [-0.1, -0.05) is 17.3 Å². The molecule has 6 nitrogen and oxygen atoms in total. The quantitative estimate of drug-likeness (QED) is 0.837. The van der Waals surface area contributed by atoms with Crippen LogP contribution >= 0.6 is 0 Å². The van der Waals surface area contributed by atoms with E-state index < -0.39 is 17.7 Å². The minimum atomic E-state index is -0.599. The largest absolute Gasteiger partial charge is 0.369 e. The fourth-order valence-corrected chi connectivity index (χ4v) is 1.95. The second kappa shape index (κ2) is 6.84. The molecule has 0 bridgehead atoms. The van der Waals surface area contributed by atoms with Crippen molar-refractivity contribution in [3.05, 3.63) is 53.2 Å². The van der Waals surface area contributed by atoms with Crippen molar-refractivity contribution < 1.29 is 18.5 Å². The molecule has 7 heteroatoms. The summed E-state index contributed by atoms with van der Waals surface area (Å²) >= 11 is 0. The monoisotopic (exact) mass is 305 g/mol. The number of aromatic nitrogens is 1. The summed E-state index contributed by atoms with van der Waals surface area (Å²) in [6, 6.07) is 7.26. The molecule has 1 atom stereocenters. The molecular weight excluding hydrogens is 289 g/mol. The molecule has 0 aliphatic rings. The molecule has 0 fully saturated rings. The van der Waals surface area contributed by atoms with Crippen molar-refractivity contribution >= 4 is 11.8 Å². The van der Waals surface area contributed by atoms with Gasteiger partial charge in [-0.25, -0.2) is 4.39 Å². The smallest absolute Gasteiger partial charge is 0.289 e. The standard InChI is InChI=1S/C15H16FN3O3/c1-9-6-13(22-19-9)15(21)18-8-11(14(17)20)7-10-2-4-12(16)5-3-10/h2-6,11H,7-8H2,1H3,(H2,17,20)(H,18,21). The van der Waals surface area contributed by atoms with E-state index in [9.17, 15) is 14.0 Å². The summed E-state index contributed by atoms with van der Waals surface area (Å²) in [5, 5.41) is 6.19. The molecule has 0 aliphatic carbocycles. The Hall–Kier alpha value is -2.70. The first-order valence-corrected chi connectivity index (χ1v) is 6.71. The lowest BCUT2D eigenvalue weighted by molar-refractivity contribution is -0.121. The average molecular weight is 305 g/mol. The molecule has 1 heterocycles. The van der Waals surface area contributed by atoms with Crippen molar-refractivity contribution in [2.75, 3.05) is 6.54 Å². The average Bonchev–Trinajstić information content (AvgIpc) is 2.91. The highest BCUT2D eigenvalue weighted by Gasteiger charge is 2.19. The molecule has 1 aromatic heterocycles. The first-order chi connectivity index (χ1) is 10.5. The minimum absolute atomic E-state index is 0.0608. The van der Waals surface area contributed by atoms with E-state index in [1.54, 1.807) is 19.1 Å². The van der Waals surface area contributed by atoms with Crippen molar-refractivity contribution in [3.63, 3.8) is 0 Å². The normalized spacial score (nSPS) is 11.9. The Labute approximate surface area is 126 Å². The van der Waals surface area contributed by atoms with Crippen LogP contribution in [0.3, 0.4) is 0 Å². The third-order valence-electron chi connectivity index (χ3n) is 3.16. The number of benzene rings is 1. The maximum Gasteiger partial charge on any atom is 0.289 e. The first-order valence-electron chi connectivity index (χ1n) is 6.71. The number of rotatable bonds is 6. The topological polar surface area (TPSA) is 98.2 Å². The summed E-state index contributed by atoms with van der Waals surface area (Å²) in [5.41, 5.74) is 6.69. The third kappa shape index (κ3) is 4.15. The van der Waals surface area contributed by atoms with Crippen molar-refractivity contribution in [2.45, 2.75) is 13.3 Å². The Morgan fingerprint density at radius 2 is 2.05 bits per heavy atom. The van der Waals surface area contributed by atoms with Gasteiger partial charge in [-0.2, -0.15) is 0 Å². The summed E-state index contributed by atoms with van der Waals surface area (Å²) in [6.45, 7) is 1.76. The van der Waals surface area contributed by atoms with E-state index in [0.29, 0.717) is 12.1 Å². The number of aryl methyl sites for hydroxylation is 1. The van der Waals surface area contributed by atoms with Crippen LogP contribution in [0, 0.1) is 18.7 Å². The van der Waals surface area contributed by atoms with Crippen LogP contribution in [0.5, 0.6) is 0 Å². The van der Waals surface area contributed by atoms with Crippen molar-refractivity contribution in [1.82, 2.24) is 10.5 Å². The van der Waals surface area contributed by atoms with Gasteiger partial charge in [-0.05, 0) is 31.0 Å². The van der Waals surface area contributed by atoms with Crippen LogP contribution in [0.2, 0.25) is 0 Å². The summed E-state index contributed by atoms with van der Waals surface area (Å²) in [6.07, 6.45) is 0.311. The molecule has 0 saturated carbocycles. The van der Waals surface area contributed by atoms with Crippen LogP contribution in [0.25, 0.3) is 0 Å². The van der Waals surface area contributed by atoms with Crippen LogP contribution in [-0.2, 0) is 11.2 Å². The van der Waals surface area contributed by atoms with Crippen molar-refractivity contribution in [3.8, 4) is 0 Å². The molecule has 22 heavy (non-hydrogen) atoms. The number of hydrogen-bond donors (Lipinski definition) is 2. The third-order valence-corrected chi connectivity index (χ3v) is 3.16. The Balaban J connectivity index is 1.95. The van der Waals surface area contributed by atoms with Crippen LogP contribution < -0.4 is 11.1 Å². The molecule has 1 unspecified atom stereocenters. The molecule has 3 N–H and O–H groups in total. The van der Waals surface area contributed by atoms with Crippen LogP contribution in [0.4, 0.5) is 4.39 Å². The number of nitrogens with zero attached hydrogens (tertiary/aromatic N) is 1. The van der Waals surface area contributed by atoms with Gasteiger partial charge in [0.2, 0.25) is 11.7 Å². The number of primary amides is 1. The number of carbonyl (C=O) groups is 2. The van der Waals surface area contributed by atoms with Crippen LogP contribution in [0.15, 0.2) is 34.9 Å². The number of halogens is 1. The highest BCUT2D eigenvalue weighted by molar-refractivity contribution is 5.91. The first kappa shape index (κ1) is 15.7. The van der Waals surface area contributed by atoms with Gasteiger partial charge in [0, 0.05) is 12.6 Å². The van der Waals surface area contributed by atoms with E-state index in [0.717, 1.165) is 5.56 Å². The molecule has 1 aromatic carbocycles. The van der Waals surface area contributed by atoms with Crippen LogP contribution in [0.1, 0.15) is 21.8 Å². The predicted octanol–water partition coefficient (Wildman–Crippen LogP) is 1.20. The molecule has 0 radical (unpaired) electrons. The molecule has 2 rings (SSSR count). The molecular formula is C15H16FN3O3. The van der Waals surface area contributed by atoms with E-state index in [-0.39, 0.29) is 18.1 Å². The van der Waals surface area contributed by atoms with Gasteiger partial charge < -0.3 is 15.6 Å². The minimum Gasteiger partial charge on any atom is -0.369 e. The van der Waals surface area contributed by atoms with E-state index >= 15 is 0 Å². The summed E-state index contributed by atoms with van der Waals surface area (Å²) < 4.78 is 17.7. The maximum atomic E-state index is 12.9. The van der Waals surface area contributed by atoms with Crippen LogP contribution in [-0.4, -0.2) is 23.5 Å². The molecule has 116 valence electrons. The second-order valence-electron chi connectivity index (χ2n) is 4.97. The van der Waals surface area contributed by atoms with Crippen molar-refractivity contribution in [1.29, 1.82) is 0 Å². The highest BCUT2D eigenvalue weighted by atomic mass is 19.1. The number of hydrogen-bond acceptors (Lipinski definition) is 4. The van der Waals surface area contributed by atoms with E-state index in [4.69, 9.17) is 10.3 Å². The zero-order valence-corrected chi connectivity index (χ0v) is 12.0. The van der Waals surface area contributed by atoms with Gasteiger partial charge in [-0.15, -0.1) is 0 Å². The lowest BCUT2D eigenvalue weighted by Gasteiger charge is -2.13. The Bertz CT molecular complexity index is 667. The van der Waals surface area contributed by atoms with Crippen molar-refractivity contribution in [2.24, 2.45) is 11.7 Å². The van der Waals surface area contributed by atoms with E-state index in [2.05, 4.69) is 10.5 Å². The Morgan fingerprint density at radius 3 is 2.59 bits per heavy atom. The lowest BCUT2D eigenvalue weighted by atomic mass is 9.98. The summed E-state index contributed by atoms with van der Waals surface area (Å²) in [7, 11) is 0. The summed E-state index contributed by atoms with van der Waals surface area (Å²) in [5.74, 6) is -1.89. The van der Waals surface area contributed by atoms with Gasteiger partial charge in [0.05, 0.1) is 11.6 Å². The Kier molecular flexibility index (Phi) is 4.88. The number of amides is 2. The SMILES string of the molecule is Cc1cc(C(=O)NCC(Cc2ccc(F)cc2)C(N)=O)on1. The zero-order chi connectivity index (χ0) is 16.1. The fraction of sp³-hybridized carbons (Fsp3) is 0.267. The predicted molar refractivity (Wildman–Crippen MR) is 76.4 cm³/mol.